The van der Waals surface area contributed by atoms with Crippen LogP contribution in [0.25, 0.3) is 11.1 Å². The second kappa shape index (κ2) is 26.2. The highest BCUT2D eigenvalue weighted by atomic mass is 32.2. The molecule has 4 aromatic rings. The summed E-state index contributed by atoms with van der Waals surface area (Å²) in [5, 5.41) is 21.5. The minimum Gasteiger partial charge on any atom is -0.449 e. The van der Waals surface area contributed by atoms with Gasteiger partial charge in [-0.3, -0.25) is 39.5 Å². The molecule has 77 heavy (non-hydrogen) atoms. The summed E-state index contributed by atoms with van der Waals surface area (Å²) in [6, 6.07) is 29.0. The van der Waals surface area contributed by atoms with Crippen molar-refractivity contribution in [3.05, 3.63) is 137 Å². The molecule has 0 saturated carbocycles. The molecule has 0 saturated heterocycles. The van der Waals surface area contributed by atoms with Crippen LogP contribution in [0.2, 0.25) is 0 Å². The average molecular weight is 1080 g/mol. The van der Waals surface area contributed by atoms with Crippen LogP contribution in [0.1, 0.15) is 104 Å². The molecule has 5 rings (SSSR count). The molecule has 1 aliphatic rings. The van der Waals surface area contributed by atoms with Gasteiger partial charge in [-0.05, 0) is 101 Å². The summed E-state index contributed by atoms with van der Waals surface area (Å²) in [5.41, 5.74) is 6.38. The minimum atomic E-state index is -1.09. The van der Waals surface area contributed by atoms with E-state index in [1.54, 1.807) is 65.9 Å². The quantitative estimate of drug-likeness (QED) is 0.0263. The van der Waals surface area contributed by atoms with Crippen LogP contribution in [0.4, 0.5) is 15.3 Å². The second-order valence-corrected chi connectivity index (χ2v) is 23.0. The van der Waals surface area contributed by atoms with E-state index in [-0.39, 0.29) is 42.9 Å². The van der Waals surface area contributed by atoms with Crippen LogP contribution >= 0.6 is 11.9 Å². The lowest BCUT2D eigenvalue weighted by Crippen LogP contribution is -2.62. The summed E-state index contributed by atoms with van der Waals surface area (Å²) in [5.74, 6) is -2.88. The molecule has 1 aliphatic carbocycles. The number of benzene rings is 4. The smallest absolute Gasteiger partial charge is 0.410 e. The van der Waals surface area contributed by atoms with Gasteiger partial charge in [-0.15, -0.1) is 0 Å². The van der Waals surface area contributed by atoms with Gasteiger partial charge in [-0.1, -0.05) is 146 Å². The van der Waals surface area contributed by atoms with Crippen molar-refractivity contribution in [3.8, 4) is 11.1 Å². The van der Waals surface area contributed by atoms with Crippen LogP contribution in [0.3, 0.4) is 0 Å². The Labute approximate surface area is 457 Å². The summed E-state index contributed by atoms with van der Waals surface area (Å²) in [6.45, 7) is 19.2. The minimum absolute atomic E-state index is 0.00948. The summed E-state index contributed by atoms with van der Waals surface area (Å²) < 4.78 is 11.9. The van der Waals surface area contributed by atoms with E-state index in [9.17, 15) is 38.8 Å². The Morgan fingerprint density at radius 2 is 1.32 bits per heavy atom. The number of fused-ring (bicyclic) bond motifs is 3. The van der Waals surface area contributed by atoms with Crippen LogP contribution in [0.15, 0.2) is 115 Å². The van der Waals surface area contributed by atoms with Crippen LogP contribution in [-0.4, -0.2) is 119 Å². The Balaban J connectivity index is 1.07. The van der Waals surface area contributed by atoms with E-state index in [0.29, 0.717) is 10.3 Å². The van der Waals surface area contributed by atoms with Crippen molar-refractivity contribution in [2.45, 2.75) is 117 Å². The molecule has 0 aromatic heterocycles. The number of hydrogen-bond donors (Lipinski definition) is 6. The fourth-order valence-electron chi connectivity index (χ4n) is 8.81. The first kappa shape index (κ1) is 60.6. The molecule has 19 heteroatoms. The van der Waals surface area contributed by atoms with Crippen molar-refractivity contribution in [2.75, 3.05) is 39.1 Å². The second-order valence-electron chi connectivity index (χ2n) is 22.1. The van der Waals surface area contributed by atoms with Gasteiger partial charge in [0, 0.05) is 49.0 Å². The summed E-state index contributed by atoms with van der Waals surface area (Å²) in [6.07, 6.45) is 0.0853. The molecule has 0 aliphatic heterocycles. The van der Waals surface area contributed by atoms with Gasteiger partial charge < -0.3 is 35.6 Å². The molecular formula is C58H76N8O10S. The van der Waals surface area contributed by atoms with Crippen molar-refractivity contribution in [3.63, 3.8) is 0 Å². The number of likely N-dealkylation sites (N-methyl/N-ethyl adjacent to an activating group) is 2. The van der Waals surface area contributed by atoms with Crippen molar-refractivity contribution in [2.24, 2.45) is 11.3 Å². The van der Waals surface area contributed by atoms with E-state index in [2.05, 4.69) is 26.7 Å². The van der Waals surface area contributed by atoms with Gasteiger partial charge in [-0.2, -0.15) is 0 Å². The van der Waals surface area contributed by atoms with E-state index in [1.807, 2.05) is 113 Å². The highest BCUT2D eigenvalue weighted by Crippen LogP contribution is 2.44. The normalized spacial score (nSPS) is 13.8. The van der Waals surface area contributed by atoms with E-state index >= 15 is 0 Å². The van der Waals surface area contributed by atoms with E-state index in [1.165, 1.54) is 29.8 Å². The molecule has 3 unspecified atom stereocenters. The lowest BCUT2D eigenvalue weighted by atomic mass is 9.76. The molecule has 414 valence electrons. The van der Waals surface area contributed by atoms with Crippen molar-refractivity contribution in [1.82, 2.24) is 35.8 Å². The van der Waals surface area contributed by atoms with Gasteiger partial charge in [-0.25, -0.2) is 9.59 Å². The molecule has 0 radical (unpaired) electrons. The number of nitrogens with one attached hydrogen (secondary N) is 5. The lowest BCUT2D eigenvalue weighted by molar-refractivity contribution is -0.140. The fourth-order valence-corrected chi connectivity index (χ4v) is 9.42. The third kappa shape index (κ3) is 16.6. The Kier molecular flexibility index (Phi) is 20.6. The third-order valence-electron chi connectivity index (χ3n) is 13.1. The van der Waals surface area contributed by atoms with Gasteiger partial charge >= 0.3 is 12.2 Å². The summed E-state index contributed by atoms with van der Waals surface area (Å²) in [7, 11) is 3.05. The highest BCUT2D eigenvalue weighted by Gasteiger charge is 2.45. The number of ether oxygens (including phenoxy) is 2. The Hall–Kier alpha value is -7.22. The number of anilines is 1. The van der Waals surface area contributed by atoms with Gasteiger partial charge in [0.1, 0.15) is 30.3 Å². The molecule has 0 fully saturated rings. The Morgan fingerprint density at radius 3 is 1.88 bits per heavy atom. The maximum Gasteiger partial charge on any atom is 0.410 e. The average Bonchev–Trinajstić information content (AvgIpc) is 3.69. The standard InChI is InChI=1S/C58H76N8O10S/c1-36(2)47(61-54(72)75-34-45-43-25-19-17-23-41(43)42-24-18-20-26-44(42)45)51(69)59-33-46(67)60-40-29-27-38(28-30-40)35-77-66(74)63-50(68)37(3)31-32-64(12)53(71)48(56(4,5)6)62-52(70)49(65(13)55(73)76-57(7,8)9)58(10,11)39-21-15-14-16-22-39/h14-31,36,45,47-49,74H,32-35H2,1-13H3,(H,59,69)(H,60,67)(H,61,72)(H,62,70)(H,63,68). The van der Waals surface area contributed by atoms with E-state index < -0.39 is 76.3 Å². The topological polar surface area (TPSA) is 228 Å². The zero-order valence-corrected chi connectivity index (χ0v) is 47.3. The monoisotopic (exact) mass is 1080 g/mol. The van der Waals surface area contributed by atoms with Crippen LogP contribution in [-0.2, 0) is 44.6 Å². The van der Waals surface area contributed by atoms with Gasteiger partial charge in [0.15, 0.2) is 0 Å². The zero-order chi connectivity index (χ0) is 57.0. The van der Waals surface area contributed by atoms with E-state index in [4.69, 9.17) is 9.47 Å². The maximum atomic E-state index is 14.4. The van der Waals surface area contributed by atoms with E-state index in [0.717, 1.165) is 45.3 Å². The van der Waals surface area contributed by atoms with Gasteiger partial charge in [0.2, 0.25) is 23.6 Å². The van der Waals surface area contributed by atoms with Crippen LogP contribution in [0.5, 0.6) is 0 Å². The lowest BCUT2D eigenvalue weighted by Gasteiger charge is -2.42. The fraction of sp³-hybridized carbons (Fsp3) is 0.431. The zero-order valence-electron chi connectivity index (χ0n) is 46.5. The maximum absolute atomic E-state index is 14.4. The number of hydrogen-bond acceptors (Lipinski definition) is 12. The van der Waals surface area contributed by atoms with Gasteiger partial charge in [0.25, 0.3) is 5.91 Å². The van der Waals surface area contributed by atoms with Crippen molar-refractivity contribution >= 4 is 59.4 Å². The predicted octanol–water partition coefficient (Wildman–Crippen LogP) is 8.32. The molecule has 6 N–H and O–H groups in total. The predicted molar refractivity (Wildman–Crippen MR) is 298 cm³/mol. The van der Waals surface area contributed by atoms with Crippen molar-refractivity contribution < 1.29 is 48.2 Å². The number of alkyl carbamates (subject to hydrolysis) is 1. The largest absolute Gasteiger partial charge is 0.449 e. The number of hydrazine groups is 1. The number of rotatable bonds is 21. The first-order valence-electron chi connectivity index (χ1n) is 25.5. The molecule has 3 atom stereocenters. The molecule has 18 nitrogen and oxygen atoms in total. The number of nitrogens with zero attached hydrogens (tertiary/aromatic N) is 3. The Bertz CT molecular complexity index is 2730. The third-order valence-corrected chi connectivity index (χ3v) is 13.9. The van der Waals surface area contributed by atoms with Crippen LogP contribution in [0, 0.1) is 11.3 Å². The van der Waals surface area contributed by atoms with Gasteiger partial charge in [0.05, 0.1) is 6.54 Å². The Morgan fingerprint density at radius 1 is 0.753 bits per heavy atom. The highest BCUT2D eigenvalue weighted by molar-refractivity contribution is 7.96. The molecule has 7 amide bonds. The first-order valence-corrected chi connectivity index (χ1v) is 26.5. The van der Waals surface area contributed by atoms with Crippen molar-refractivity contribution in [1.29, 1.82) is 0 Å². The van der Waals surface area contributed by atoms with Crippen LogP contribution < -0.4 is 26.7 Å². The number of carbonyl (C=O) groups is 7. The molecular weight excluding hydrogens is 1000 g/mol. The molecule has 0 heterocycles. The number of amides is 7. The molecule has 0 spiro atoms. The summed E-state index contributed by atoms with van der Waals surface area (Å²) >= 11 is 0.888. The first-order chi connectivity index (χ1) is 36.1. The molecule has 4 aromatic carbocycles. The summed E-state index contributed by atoms with van der Waals surface area (Å²) in [4.78, 5) is 96.7. The molecule has 0 bridgehead atoms. The number of carbonyl (C=O) groups excluding carboxylic acids is 7. The SMILES string of the molecule is CC(=CCN(C)C(=O)C(NC(=O)C(N(C)C(=O)OC(C)(C)C)C(C)(C)c1ccccc1)C(C)(C)C)C(=O)NN(O)SCc1ccc(NC(=O)CNC(=O)C(NC(=O)OCC2c3ccccc3-c3ccccc32)C(C)C)cc1.